The van der Waals surface area contributed by atoms with Gasteiger partial charge in [-0.15, -0.1) is 0 Å². The third kappa shape index (κ3) is 1.50. The lowest BCUT2D eigenvalue weighted by Crippen LogP contribution is -2.42. The summed E-state index contributed by atoms with van der Waals surface area (Å²) in [5.74, 6) is 1.07. The molecule has 3 heteroatoms. The van der Waals surface area contributed by atoms with Crippen LogP contribution in [0.2, 0.25) is 0 Å². The number of halogens is 1. The summed E-state index contributed by atoms with van der Waals surface area (Å²) in [6.07, 6.45) is 1.21. The maximum atomic E-state index is 13.7. The Morgan fingerprint density at radius 3 is 3.19 bits per heavy atom. The van der Waals surface area contributed by atoms with Crippen LogP contribution in [0.4, 0.5) is 10.1 Å². The molecule has 0 aliphatic carbocycles. The fraction of sp³-hybridized carbons (Fsp3) is 0.538. The number of benzene rings is 1. The summed E-state index contributed by atoms with van der Waals surface area (Å²) in [5, 5.41) is 3.25. The lowest BCUT2D eigenvalue weighted by Gasteiger charge is -2.41. The van der Waals surface area contributed by atoms with Crippen LogP contribution in [0.5, 0.6) is 0 Å². The van der Waals surface area contributed by atoms with Crippen LogP contribution in [-0.2, 0) is 0 Å². The summed E-state index contributed by atoms with van der Waals surface area (Å²) in [7, 11) is 2.15. The molecule has 1 aromatic rings. The molecule has 0 amide bonds. The van der Waals surface area contributed by atoms with Crippen molar-refractivity contribution in [2.75, 3.05) is 32.0 Å². The zero-order chi connectivity index (χ0) is 11.1. The molecule has 2 aliphatic rings. The molecule has 2 unspecified atom stereocenters. The quantitative estimate of drug-likeness (QED) is 0.721. The van der Waals surface area contributed by atoms with Gasteiger partial charge in [-0.1, -0.05) is 12.1 Å². The maximum absolute atomic E-state index is 13.7. The number of nitrogens with zero attached hydrogens (tertiary/aromatic N) is 1. The van der Waals surface area contributed by atoms with Crippen LogP contribution in [0.15, 0.2) is 18.2 Å². The molecule has 1 N–H and O–H groups in total. The van der Waals surface area contributed by atoms with Crippen molar-refractivity contribution in [2.45, 2.75) is 12.3 Å². The Morgan fingerprint density at radius 2 is 2.31 bits per heavy atom. The molecule has 16 heavy (non-hydrogen) atoms. The van der Waals surface area contributed by atoms with Crippen molar-refractivity contribution in [1.82, 2.24) is 4.90 Å². The van der Waals surface area contributed by atoms with E-state index in [1.807, 2.05) is 6.07 Å². The predicted octanol–water partition coefficient (Wildman–Crippen LogP) is 2.29. The van der Waals surface area contributed by atoms with Crippen molar-refractivity contribution in [3.05, 3.63) is 29.6 Å². The van der Waals surface area contributed by atoms with Gasteiger partial charge in [0, 0.05) is 19.0 Å². The molecule has 0 radical (unpaired) electrons. The average molecular weight is 220 g/mol. The van der Waals surface area contributed by atoms with Crippen molar-refractivity contribution in [2.24, 2.45) is 5.92 Å². The van der Waals surface area contributed by atoms with Gasteiger partial charge in [0.2, 0.25) is 0 Å². The number of likely N-dealkylation sites (N-methyl/N-ethyl adjacent to an activating group) is 1. The van der Waals surface area contributed by atoms with Gasteiger partial charge in [0.15, 0.2) is 0 Å². The lowest BCUT2D eigenvalue weighted by molar-refractivity contribution is 0.191. The summed E-state index contributed by atoms with van der Waals surface area (Å²) >= 11 is 0. The van der Waals surface area contributed by atoms with Crippen molar-refractivity contribution in [3.63, 3.8) is 0 Å². The topological polar surface area (TPSA) is 15.3 Å². The number of rotatable bonds is 0. The number of hydrogen-bond donors (Lipinski definition) is 1. The molecule has 1 fully saturated rings. The first kappa shape index (κ1) is 10.1. The van der Waals surface area contributed by atoms with Crippen LogP contribution in [0, 0.1) is 11.7 Å². The zero-order valence-corrected chi connectivity index (χ0v) is 9.54. The van der Waals surface area contributed by atoms with Crippen LogP contribution < -0.4 is 5.32 Å². The minimum absolute atomic E-state index is 0.107. The van der Waals surface area contributed by atoms with Gasteiger partial charge in [0.1, 0.15) is 5.82 Å². The normalized spacial score (nSPS) is 29.1. The molecule has 0 spiro atoms. The number of fused-ring (bicyclic) bond motifs is 3. The van der Waals surface area contributed by atoms with E-state index >= 15 is 0 Å². The van der Waals surface area contributed by atoms with E-state index in [0.29, 0.717) is 11.8 Å². The minimum atomic E-state index is -0.107. The van der Waals surface area contributed by atoms with Crippen molar-refractivity contribution in [1.29, 1.82) is 0 Å². The predicted molar refractivity (Wildman–Crippen MR) is 63.2 cm³/mol. The highest BCUT2D eigenvalue weighted by molar-refractivity contribution is 5.56. The number of piperidine rings is 1. The largest absolute Gasteiger partial charge is 0.382 e. The molecule has 2 aliphatic heterocycles. The van der Waals surface area contributed by atoms with Crippen LogP contribution in [0.3, 0.4) is 0 Å². The summed E-state index contributed by atoms with van der Waals surface area (Å²) in [4.78, 5) is 2.35. The lowest BCUT2D eigenvalue weighted by atomic mass is 9.77. The smallest absolute Gasteiger partial charge is 0.146 e. The number of anilines is 1. The van der Waals surface area contributed by atoms with E-state index in [-0.39, 0.29) is 5.82 Å². The third-order valence-electron chi connectivity index (χ3n) is 3.95. The maximum Gasteiger partial charge on any atom is 0.146 e. The van der Waals surface area contributed by atoms with E-state index in [0.717, 1.165) is 25.3 Å². The Kier molecular flexibility index (Phi) is 2.36. The molecule has 2 atom stereocenters. The monoisotopic (exact) mass is 220 g/mol. The van der Waals surface area contributed by atoms with E-state index in [4.69, 9.17) is 0 Å². The molecule has 1 saturated heterocycles. The second kappa shape index (κ2) is 3.74. The summed E-state index contributed by atoms with van der Waals surface area (Å²) in [5.41, 5.74) is 1.90. The Balaban J connectivity index is 2.00. The van der Waals surface area contributed by atoms with Gasteiger partial charge in [-0.3, -0.25) is 0 Å². The van der Waals surface area contributed by atoms with Crippen LogP contribution in [-0.4, -0.2) is 31.6 Å². The standard InChI is InChI=1S/C13H17FN2/c1-16-6-5-9-7-15-13-10(11(9)8-16)3-2-4-12(13)14/h2-4,9,11,15H,5-8H2,1H3. The molecule has 1 aromatic carbocycles. The Hall–Kier alpha value is -1.09. The third-order valence-corrected chi connectivity index (χ3v) is 3.95. The van der Waals surface area contributed by atoms with Crippen molar-refractivity contribution in [3.8, 4) is 0 Å². The van der Waals surface area contributed by atoms with E-state index in [9.17, 15) is 4.39 Å². The van der Waals surface area contributed by atoms with E-state index < -0.39 is 0 Å². The zero-order valence-electron chi connectivity index (χ0n) is 9.54. The van der Waals surface area contributed by atoms with Gasteiger partial charge >= 0.3 is 0 Å². The molecular weight excluding hydrogens is 203 g/mol. The fourth-order valence-corrected chi connectivity index (χ4v) is 3.03. The van der Waals surface area contributed by atoms with E-state index in [1.165, 1.54) is 12.0 Å². The van der Waals surface area contributed by atoms with Gasteiger partial charge in [0.25, 0.3) is 0 Å². The first-order chi connectivity index (χ1) is 7.75. The Morgan fingerprint density at radius 1 is 1.44 bits per heavy atom. The fourth-order valence-electron chi connectivity index (χ4n) is 3.03. The molecule has 0 bridgehead atoms. The van der Waals surface area contributed by atoms with Gasteiger partial charge in [-0.2, -0.15) is 0 Å². The highest BCUT2D eigenvalue weighted by Gasteiger charge is 2.34. The van der Waals surface area contributed by atoms with Crippen molar-refractivity contribution >= 4 is 5.69 Å². The van der Waals surface area contributed by atoms with Gasteiger partial charge in [-0.05, 0) is 37.6 Å². The van der Waals surface area contributed by atoms with E-state index in [2.05, 4.69) is 23.3 Å². The summed E-state index contributed by atoms with van der Waals surface area (Å²) < 4.78 is 13.7. The molecule has 2 heterocycles. The summed E-state index contributed by atoms with van der Waals surface area (Å²) in [6, 6.07) is 5.44. The van der Waals surface area contributed by atoms with Crippen LogP contribution in [0.25, 0.3) is 0 Å². The second-order valence-electron chi connectivity index (χ2n) is 5.00. The average Bonchev–Trinajstić information content (AvgIpc) is 2.29. The first-order valence-corrected chi connectivity index (χ1v) is 5.96. The summed E-state index contributed by atoms with van der Waals surface area (Å²) in [6.45, 7) is 3.14. The number of likely N-dealkylation sites (tertiary alicyclic amines) is 1. The number of hydrogen-bond acceptors (Lipinski definition) is 2. The molecule has 0 saturated carbocycles. The van der Waals surface area contributed by atoms with Gasteiger partial charge < -0.3 is 10.2 Å². The van der Waals surface area contributed by atoms with E-state index in [1.54, 1.807) is 6.07 Å². The Labute approximate surface area is 95.4 Å². The molecule has 86 valence electrons. The van der Waals surface area contributed by atoms with Gasteiger partial charge in [0.05, 0.1) is 5.69 Å². The Bertz CT molecular complexity index is 405. The number of para-hydroxylation sites is 1. The second-order valence-corrected chi connectivity index (χ2v) is 5.00. The first-order valence-electron chi connectivity index (χ1n) is 5.96. The van der Waals surface area contributed by atoms with Crippen LogP contribution in [0.1, 0.15) is 17.9 Å². The van der Waals surface area contributed by atoms with Crippen LogP contribution >= 0.6 is 0 Å². The SMILES string of the molecule is CN1CCC2CNc3c(F)cccc3C2C1. The highest BCUT2D eigenvalue weighted by Crippen LogP contribution is 2.40. The highest BCUT2D eigenvalue weighted by atomic mass is 19.1. The minimum Gasteiger partial charge on any atom is -0.382 e. The van der Waals surface area contributed by atoms with Crippen molar-refractivity contribution < 1.29 is 4.39 Å². The molecule has 2 nitrogen and oxygen atoms in total. The number of nitrogens with one attached hydrogen (secondary N) is 1. The molecular formula is C13H17FN2. The van der Waals surface area contributed by atoms with Gasteiger partial charge in [-0.25, -0.2) is 4.39 Å². The molecule has 0 aromatic heterocycles. The molecule has 3 rings (SSSR count).